The Hall–Kier alpha value is -1.56. The normalized spacial score (nSPS) is 15.0. The van der Waals surface area contributed by atoms with Crippen molar-refractivity contribution in [2.24, 2.45) is 0 Å². The van der Waals surface area contributed by atoms with Gasteiger partial charge in [0.05, 0.1) is 6.26 Å². The molecular weight excluding hydrogens is 192 g/mol. The van der Waals surface area contributed by atoms with E-state index in [9.17, 15) is 9.59 Å². The molecule has 0 aliphatic carbocycles. The minimum atomic E-state index is -1.55. The monoisotopic (exact) mass is 204 g/mol. The van der Waals surface area contributed by atoms with Crippen LogP contribution in [0.15, 0.2) is 12.3 Å². The lowest BCUT2D eigenvalue weighted by atomic mass is 10.2. The van der Waals surface area contributed by atoms with E-state index in [0.29, 0.717) is 0 Å². The SMILES string of the molecule is CC=COC(C(=O)O)C(OC)C(=O)O. The molecular formula is C8H12O6. The summed E-state index contributed by atoms with van der Waals surface area (Å²) in [4.78, 5) is 21.2. The van der Waals surface area contributed by atoms with Gasteiger partial charge in [-0.1, -0.05) is 6.08 Å². The maximum atomic E-state index is 10.6. The summed E-state index contributed by atoms with van der Waals surface area (Å²) in [5.41, 5.74) is 0. The fourth-order valence-electron chi connectivity index (χ4n) is 0.776. The van der Waals surface area contributed by atoms with E-state index in [1.165, 1.54) is 6.08 Å². The second kappa shape index (κ2) is 5.98. The summed E-state index contributed by atoms with van der Waals surface area (Å²) in [5, 5.41) is 17.2. The molecule has 14 heavy (non-hydrogen) atoms. The average molecular weight is 204 g/mol. The number of allylic oxidation sites excluding steroid dienone is 1. The summed E-state index contributed by atoms with van der Waals surface area (Å²) in [7, 11) is 1.10. The molecule has 0 spiro atoms. The maximum absolute atomic E-state index is 10.6. The van der Waals surface area contributed by atoms with Crippen LogP contribution in [0.3, 0.4) is 0 Å². The van der Waals surface area contributed by atoms with Crippen LogP contribution in [0.2, 0.25) is 0 Å². The zero-order valence-electron chi connectivity index (χ0n) is 7.84. The molecule has 0 saturated heterocycles. The Morgan fingerprint density at radius 3 is 2.00 bits per heavy atom. The Bertz CT molecular complexity index is 234. The molecule has 6 nitrogen and oxygen atoms in total. The van der Waals surface area contributed by atoms with Crippen molar-refractivity contribution >= 4 is 11.9 Å². The lowest BCUT2D eigenvalue weighted by Gasteiger charge is -2.17. The van der Waals surface area contributed by atoms with Crippen molar-refractivity contribution in [3.8, 4) is 0 Å². The van der Waals surface area contributed by atoms with E-state index in [1.54, 1.807) is 6.92 Å². The number of methoxy groups -OCH3 is 1. The number of hydrogen-bond donors (Lipinski definition) is 2. The molecule has 0 aromatic rings. The van der Waals surface area contributed by atoms with Gasteiger partial charge in [-0.3, -0.25) is 0 Å². The van der Waals surface area contributed by atoms with Gasteiger partial charge < -0.3 is 19.7 Å². The van der Waals surface area contributed by atoms with E-state index < -0.39 is 24.1 Å². The number of ether oxygens (including phenoxy) is 2. The zero-order valence-corrected chi connectivity index (χ0v) is 7.84. The smallest absolute Gasteiger partial charge is 0.348 e. The van der Waals surface area contributed by atoms with Crippen molar-refractivity contribution in [1.82, 2.24) is 0 Å². The number of hydrogen-bond acceptors (Lipinski definition) is 4. The summed E-state index contributed by atoms with van der Waals surface area (Å²) in [5.74, 6) is -2.78. The molecule has 0 aliphatic heterocycles. The Kier molecular flexibility index (Phi) is 5.31. The van der Waals surface area contributed by atoms with Gasteiger partial charge in [0.2, 0.25) is 12.2 Å². The molecule has 0 fully saturated rings. The van der Waals surface area contributed by atoms with Crippen LogP contribution < -0.4 is 0 Å². The summed E-state index contributed by atoms with van der Waals surface area (Å²) < 4.78 is 9.17. The number of carbonyl (C=O) groups is 2. The molecule has 80 valence electrons. The van der Waals surface area contributed by atoms with Gasteiger partial charge in [-0.2, -0.15) is 0 Å². The van der Waals surface area contributed by atoms with Crippen molar-refractivity contribution in [3.05, 3.63) is 12.3 Å². The van der Waals surface area contributed by atoms with Crippen molar-refractivity contribution in [3.63, 3.8) is 0 Å². The minimum absolute atomic E-state index is 1.10. The van der Waals surface area contributed by atoms with Crippen molar-refractivity contribution in [2.75, 3.05) is 7.11 Å². The van der Waals surface area contributed by atoms with E-state index in [0.717, 1.165) is 13.4 Å². The van der Waals surface area contributed by atoms with Crippen LogP contribution in [0.25, 0.3) is 0 Å². The van der Waals surface area contributed by atoms with E-state index >= 15 is 0 Å². The van der Waals surface area contributed by atoms with Gasteiger partial charge in [-0.15, -0.1) is 0 Å². The lowest BCUT2D eigenvalue weighted by molar-refractivity contribution is -0.169. The topological polar surface area (TPSA) is 93.1 Å². The second-order valence-electron chi connectivity index (χ2n) is 2.36. The van der Waals surface area contributed by atoms with E-state index in [1.807, 2.05) is 0 Å². The highest BCUT2D eigenvalue weighted by molar-refractivity contribution is 5.83. The Morgan fingerprint density at radius 1 is 1.21 bits per heavy atom. The first-order valence-electron chi connectivity index (χ1n) is 3.79. The Balaban J connectivity index is 4.60. The van der Waals surface area contributed by atoms with E-state index in [-0.39, 0.29) is 0 Å². The van der Waals surface area contributed by atoms with Crippen LogP contribution >= 0.6 is 0 Å². The fourth-order valence-corrected chi connectivity index (χ4v) is 0.776. The number of rotatable bonds is 6. The number of carboxylic acid groups (broad SMARTS) is 2. The maximum Gasteiger partial charge on any atom is 0.348 e. The van der Waals surface area contributed by atoms with Crippen LogP contribution in [0.5, 0.6) is 0 Å². The van der Waals surface area contributed by atoms with E-state index in [4.69, 9.17) is 10.2 Å². The van der Waals surface area contributed by atoms with Crippen molar-refractivity contribution < 1.29 is 29.3 Å². The number of carboxylic acids is 2. The first-order chi connectivity index (χ1) is 6.54. The predicted octanol–water partition coefficient (Wildman–Crippen LogP) is 0.0894. The van der Waals surface area contributed by atoms with Crippen LogP contribution in [0.1, 0.15) is 6.92 Å². The highest BCUT2D eigenvalue weighted by Crippen LogP contribution is 2.05. The lowest BCUT2D eigenvalue weighted by Crippen LogP contribution is -2.42. The quantitative estimate of drug-likeness (QED) is 0.595. The van der Waals surface area contributed by atoms with Crippen LogP contribution in [-0.2, 0) is 19.1 Å². The molecule has 0 aromatic carbocycles. The fraction of sp³-hybridized carbons (Fsp3) is 0.500. The highest BCUT2D eigenvalue weighted by atomic mass is 16.6. The van der Waals surface area contributed by atoms with Crippen molar-refractivity contribution in [2.45, 2.75) is 19.1 Å². The molecule has 0 radical (unpaired) electrons. The van der Waals surface area contributed by atoms with Gasteiger partial charge in [-0.25, -0.2) is 9.59 Å². The van der Waals surface area contributed by atoms with Gasteiger partial charge in [-0.05, 0) is 6.92 Å². The molecule has 0 heterocycles. The van der Waals surface area contributed by atoms with E-state index in [2.05, 4.69) is 9.47 Å². The third-order valence-corrected chi connectivity index (χ3v) is 1.38. The third kappa shape index (κ3) is 3.44. The summed E-state index contributed by atoms with van der Waals surface area (Å²) >= 11 is 0. The first-order valence-corrected chi connectivity index (χ1v) is 3.79. The predicted molar refractivity (Wildman–Crippen MR) is 45.8 cm³/mol. The molecule has 0 rings (SSSR count). The molecule has 2 N–H and O–H groups in total. The molecule has 0 saturated carbocycles. The molecule has 2 unspecified atom stereocenters. The third-order valence-electron chi connectivity index (χ3n) is 1.38. The summed E-state index contributed by atoms with van der Waals surface area (Å²) in [6.07, 6.45) is -0.518. The first kappa shape index (κ1) is 12.4. The average Bonchev–Trinajstić information content (AvgIpc) is 2.10. The van der Waals surface area contributed by atoms with Crippen LogP contribution in [0.4, 0.5) is 0 Å². The van der Waals surface area contributed by atoms with Crippen LogP contribution in [-0.4, -0.2) is 41.5 Å². The standard InChI is InChI=1S/C8H12O6/c1-3-4-14-6(8(11)12)5(13-2)7(9)10/h3-6H,1-2H3,(H,9,10)(H,11,12). The number of aliphatic carboxylic acids is 2. The van der Waals surface area contributed by atoms with Gasteiger partial charge in [0.15, 0.2) is 0 Å². The van der Waals surface area contributed by atoms with Gasteiger partial charge in [0.1, 0.15) is 0 Å². The van der Waals surface area contributed by atoms with Gasteiger partial charge in [0, 0.05) is 7.11 Å². The zero-order chi connectivity index (χ0) is 11.1. The largest absolute Gasteiger partial charge is 0.483 e. The Labute approximate surface area is 80.7 Å². The van der Waals surface area contributed by atoms with Gasteiger partial charge in [0.25, 0.3) is 0 Å². The summed E-state index contributed by atoms with van der Waals surface area (Å²) in [6, 6.07) is 0. The molecule has 6 heteroatoms. The molecule has 0 aliphatic rings. The van der Waals surface area contributed by atoms with Gasteiger partial charge >= 0.3 is 11.9 Å². The molecule has 2 atom stereocenters. The van der Waals surface area contributed by atoms with Crippen LogP contribution in [0, 0.1) is 0 Å². The second-order valence-corrected chi connectivity index (χ2v) is 2.36. The van der Waals surface area contributed by atoms with Crippen molar-refractivity contribution in [1.29, 1.82) is 0 Å². The molecule has 0 bridgehead atoms. The minimum Gasteiger partial charge on any atom is -0.483 e. The summed E-state index contributed by atoms with van der Waals surface area (Å²) in [6.45, 7) is 1.61. The molecule has 0 aromatic heterocycles. The Morgan fingerprint density at radius 2 is 1.71 bits per heavy atom. The molecule has 0 amide bonds. The highest BCUT2D eigenvalue weighted by Gasteiger charge is 2.35.